The van der Waals surface area contributed by atoms with E-state index in [1.165, 1.54) is 10.8 Å². The maximum absolute atomic E-state index is 11.9. The molecule has 1 aliphatic rings. The van der Waals surface area contributed by atoms with Crippen molar-refractivity contribution in [2.45, 2.75) is 38.3 Å². The summed E-state index contributed by atoms with van der Waals surface area (Å²) in [5.74, 6) is -0.798. The number of rotatable bonds is 4. The van der Waals surface area contributed by atoms with Gasteiger partial charge in [-0.1, -0.05) is 0 Å². The van der Waals surface area contributed by atoms with Gasteiger partial charge in [-0.15, -0.1) is 0 Å². The van der Waals surface area contributed by atoms with Crippen LogP contribution >= 0.6 is 0 Å². The zero-order valence-electron chi connectivity index (χ0n) is 9.64. The molecule has 6 nitrogen and oxygen atoms in total. The van der Waals surface area contributed by atoms with Crippen LogP contribution in [0.1, 0.15) is 26.2 Å². The Kier molecular flexibility index (Phi) is 2.87. The molecule has 17 heavy (non-hydrogen) atoms. The predicted molar refractivity (Wildman–Crippen MR) is 62.0 cm³/mol. The molecule has 1 aromatic rings. The maximum atomic E-state index is 11.9. The average molecular weight is 237 g/mol. The van der Waals surface area contributed by atoms with Gasteiger partial charge in [0.05, 0.1) is 0 Å². The first-order chi connectivity index (χ1) is 8.09. The van der Waals surface area contributed by atoms with Gasteiger partial charge in [0.1, 0.15) is 5.54 Å². The van der Waals surface area contributed by atoms with Crippen LogP contribution in [-0.2, 0) is 11.3 Å². The molecule has 1 aromatic heterocycles. The monoisotopic (exact) mass is 237 g/mol. The standard InChI is InChI=1S/C11H15N3O3/c1-2-14-7-6-12-8(9(14)15)13-11(10(16)17)4-3-5-11/h6-7H,2-5H2,1H3,(H,12,13)(H,16,17). The third-order valence-electron chi connectivity index (χ3n) is 3.23. The molecule has 92 valence electrons. The van der Waals surface area contributed by atoms with Crippen molar-refractivity contribution in [3.8, 4) is 0 Å². The molecule has 0 bridgehead atoms. The zero-order valence-corrected chi connectivity index (χ0v) is 9.64. The summed E-state index contributed by atoms with van der Waals surface area (Å²) in [5, 5.41) is 12.0. The number of aliphatic carboxylic acids is 1. The van der Waals surface area contributed by atoms with E-state index in [-0.39, 0.29) is 11.4 Å². The van der Waals surface area contributed by atoms with E-state index in [2.05, 4.69) is 10.3 Å². The highest BCUT2D eigenvalue weighted by Gasteiger charge is 2.45. The molecule has 0 spiro atoms. The second-order valence-electron chi connectivity index (χ2n) is 4.23. The lowest BCUT2D eigenvalue weighted by atomic mass is 9.77. The fourth-order valence-corrected chi connectivity index (χ4v) is 1.93. The molecule has 1 aliphatic carbocycles. The third kappa shape index (κ3) is 1.90. The summed E-state index contributed by atoms with van der Waals surface area (Å²) in [5.41, 5.74) is -1.28. The van der Waals surface area contributed by atoms with E-state index in [0.717, 1.165) is 6.42 Å². The molecule has 6 heteroatoms. The van der Waals surface area contributed by atoms with Crippen molar-refractivity contribution >= 4 is 11.8 Å². The minimum Gasteiger partial charge on any atom is -0.480 e. The average Bonchev–Trinajstić information content (AvgIpc) is 2.25. The molecule has 1 saturated carbocycles. The van der Waals surface area contributed by atoms with Crippen molar-refractivity contribution in [1.29, 1.82) is 0 Å². The van der Waals surface area contributed by atoms with E-state index < -0.39 is 11.5 Å². The van der Waals surface area contributed by atoms with Crippen molar-refractivity contribution in [2.24, 2.45) is 0 Å². The molecule has 0 radical (unpaired) electrons. The van der Waals surface area contributed by atoms with E-state index in [1.54, 1.807) is 6.20 Å². The molecule has 0 aromatic carbocycles. The largest absolute Gasteiger partial charge is 0.480 e. The molecule has 0 saturated heterocycles. The van der Waals surface area contributed by atoms with Crippen LogP contribution in [0.5, 0.6) is 0 Å². The van der Waals surface area contributed by atoms with E-state index in [0.29, 0.717) is 19.4 Å². The second-order valence-corrected chi connectivity index (χ2v) is 4.23. The Morgan fingerprint density at radius 2 is 2.35 bits per heavy atom. The van der Waals surface area contributed by atoms with Crippen LogP contribution in [0.15, 0.2) is 17.2 Å². The molecule has 1 heterocycles. The number of anilines is 1. The van der Waals surface area contributed by atoms with E-state index in [1.807, 2.05) is 6.92 Å². The van der Waals surface area contributed by atoms with E-state index in [4.69, 9.17) is 5.11 Å². The van der Waals surface area contributed by atoms with Crippen LogP contribution in [0, 0.1) is 0 Å². The Morgan fingerprint density at radius 1 is 1.65 bits per heavy atom. The Balaban J connectivity index is 2.30. The topological polar surface area (TPSA) is 84.2 Å². The first kappa shape index (κ1) is 11.6. The number of nitrogens with zero attached hydrogens (tertiary/aromatic N) is 2. The Hall–Kier alpha value is -1.85. The van der Waals surface area contributed by atoms with Crippen LogP contribution in [0.2, 0.25) is 0 Å². The van der Waals surface area contributed by atoms with Crippen LogP contribution < -0.4 is 10.9 Å². The fraction of sp³-hybridized carbons (Fsp3) is 0.545. The van der Waals surface area contributed by atoms with Crippen molar-refractivity contribution in [3.63, 3.8) is 0 Å². The maximum Gasteiger partial charge on any atom is 0.329 e. The van der Waals surface area contributed by atoms with Gasteiger partial charge in [-0.05, 0) is 26.2 Å². The highest BCUT2D eigenvalue weighted by Crippen LogP contribution is 2.34. The predicted octanol–water partition coefficient (Wildman–Crippen LogP) is 0.682. The first-order valence-corrected chi connectivity index (χ1v) is 5.66. The zero-order chi connectivity index (χ0) is 12.5. The van der Waals surface area contributed by atoms with Gasteiger partial charge in [-0.3, -0.25) is 4.79 Å². The number of carboxylic acid groups (broad SMARTS) is 1. The quantitative estimate of drug-likeness (QED) is 0.804. The van der Waals surface area contributed by atoms with Gasteiger partial charge in [-0.25, -0.2) is 9.78 Å². The number of carboxylic acids is 1. The smallest absolute Gasteiger partial charge is 0.329 e. The van der Waals surface area contributed by atoms with Crippen LogP contribution in [0.4, 0.5) is 5.82 Å². The van der Waals surface area contributed by atoms with Gasteiger partial charge in [0.25, 0.3) is 5.56 Å². The summed E-state index contributed by atoms with van der Waals surface area (Å²) >= 11 is 0. The molecule has 0 amide bonds. The molecule has 2 N–H and O–H groups in total. The second kappa shape index (κ2) is 4.20. The molecule has 2 rings (SSSR count). The van der Waals surface area contributed by atoms with Gasteiger partial charge in [0.15, 0.2) is 5.82 Å². The Bertz CT molecular complexity index is 491. The summed E-state index contributed by atoms with van der Waals surface area (Å²) in [4.78, 5) is 27.0. The highest BCUT2D eigenvalue weighted by atomic mass is 16.4. The number of hydrogen-bond donors (Lipinski definition) is 2. The van der Waals surface area contributed by atoms with Crippen molar-refractivity contribution < 1.29 is 9.90 Å². The number of aryl methyl sites for hydroxylation is 1. The van der Waals surface area contributed by atoms with E-state index >= 15 is 0 Å². The lowest BCUT2D eigenvalue weighted by Crippen LogP contribution is -2.53. The Labute approximate surface area is 98.3 Å². The SMILES string of the molecule is CCn1ccnc(NC2(C(=O)O)CCC2)c1=O. The lowest BCUT2D eigenvalue weighted by molar-refractivity contribution is -0.145. The lowest BCUT2D eigenvalue weighted by Gasteiger charge is -2.38. The highest BCUT2D eigenvalue weighted by molar-refractivity contribution is 5.83. The van der Waals surface area contributed by atoms with Crippen molar-refractivity contribution in [2.75, 3.05) is 5.32 Å². The molecular formula is C11H15N3O3. The fourth-order valence-electron chi connectivity index (χ4n) is 1.93. The Morgan fingerprint density at radius 3 is 2.82 bits per heavy atom. The van der Waals surface area contributed by atoms with Gasteiger partial charge in [0.2, 0.25) is 0 Å². The summed E-state index contributed by atoms with van der Waals surface area (Å²) in [7, 11) is 0. The summed E-state index contributed by atoms with van der Waals surface area (Å²) in [6, 6.07) is 0. The molecule has 1 fully saturated rings. The van der Waals surface area contributed by atoms with Crippen LogP contribution in [0.25, 0.3) is 0 Å². The van der Waals surface area contributed by atoms with Crippen molar-refractivity contribution in [3.05, 3.63) is 22.7 Å². The van der Waals surface area contributed by atoms with Gasteiger partial charge >= 0.3 is 5.97 Å². The van der Waals surface area contributed by atoms with Crippen molar-refractivity contribution in [1.82, 2.24) is 9.55 Å². The number of hydrogen-bond acceptors (Lipinski definition) is 4. The molecule has 0 atom stereocenters. The number of carbonyl (C=O) groups is 1. The molecule has 0 unspecified atom stereocenters. The summed E-state index contributed by atoms with van der Waals surface area (Å²) in [6.07, 6.45) is 5.01. The van der Waals surface area contributed by atoms with Gasteiger partial charge in [0, 0.05) is 18.9 Å². The normalized spacial score (nSPS) is 17.2. The van der Waals surface area contributed by atoms with Gasteiger partial charge in [-0.2, -0.15) is 0 Å². The van der Waals surface area contributed by atoms with Crippen LogP contribution in [0.3, 0.4) is 0 Å². The summed E-state index contributed by atoms with van der Waals surface area (Å²) < 4.78 is 1.49. The van der Waals surface area contributed by atoms with E-state index in [9.17, 15) is 9.59 Å². The first-order valence-electron chi connectivity index (χ1n) is 5.66. The minimum absolute atomic E-state index is 0.122. The minimum atomic E-state index is -1.00. The molecular weight excluding hydrogens is 222 g/mol. The summed E-state index contributed by atoms with van der Waals surface area (Å²) in [6.45, 7) is 2.39. The van der Waals surface area contributed by atoms with Gasteiger partial charge < -0.3 is 15.0 Å². The molecule has 0 aliphatic heterocycles. The number of aromatic nitrogens is 2. The number of nitrogens with one attached hydrogen (secondary N) is 1. The third-order valence-corrected chi connectivity index (χ3v) is 3.23. The van der Waals surface area contributed by atoms with Crippen LogP contribution in [-0.4, -0.2) is 26.2 Å².